The van der Waals surface area contributed by atoms with Gasteiger partial charge in [-0.25, -0.2) is 0 Å². The summed E-state index contributed by atoms with van der Waals surface area (Å²) in [7, 11) is 0. The average molecular weight is 959 g/mol. The largest absolute Gasteiger partial charge is 0.462 e. The number of hydrogen-bond acceptors (Lipinski definition) is 5. The van der Waals surface area contributed by atoms with Crippen LogP contribution in [0.3, 0.4) is 0 Å². The van der Waals surface area contributed by atoms with Gasteiger partial charge in [-0.05, 0) is 103 Å². The fourth-order valence-corrected chi connectivity index (χ4v) is 8.05. The van der Waals surface area contributed by atoms with Crippen molar-refractivity contribution in [3.63, 3.8) is 0 Å². The molecule has 6 nitrogen and oxygen atoms in total. The Morgan fingerprint density at radius 1 is 0.435 bits per heavy atom. The Hall–Kier alpha value is -3.48. The zero-order valence-electron chi connectivity index (χ0n) is 44.9. The van der Waals surface area contributed by atoms with Crippen molar-refractivity contribution in [1.29, 1.82) is 0 Å². The van der Waals surface area contributed by atoms with Crippen LogP contribution < -0.4 is 5.32 Å². The van der Waals surface area contributed by atoms with Crippen LogP contribution in [0, 0.1) is 0 Å². The quantitative estimate of drug-likeness (QED) is 0.0321. The molecule has 0 aliphatic rings. The molecule has 0 fully saturated rings. The van der Waals surface area contributed by atoms with E-state index in [-0.39, 0.29) is 31.3 Å². The topological polar surface area (TPSA) is 95.9 Å². The van der Waals surface area contributed by atoms with E-state index in [2.05, 4.69) is 129 Å². The molecule has 0 heterocycles. The van der Waals surface area contributed by atoms with E-state index in [0.29, 0.717) is 19.3 Å². The minimum Gasteiger partial charge on any atom is -0.462 e. The lowest BCUT2D eigenvalue weighted by Gasteiger charge is -2.24. The van der Waals surface area contributed by atoms with Crippen LogP contribution in [-0.4, -0.2) is 46.9 Å². The zero-order chi connectivity index (χ0) is 50.2. The summed E-state index contributed by atoms with van der Waals surface area (Å²) in [5.74, 6) is -0.600. The molecule has 3 unspecified atom stereocenters. The number of esters is 1. The van der Waals surface area contributed by atoms with Crippen molar-refractivity contribution in [3.8, 4) is 0 Å². The first-order chi connectivity index (χ1) is 34.0. The Morgan fingerprint density at radius 3 is 1.22 bits per heavy atom. The van der Waals surface area contributed by atoms with Gasteiger partial charge in [-0.2, -0.15) is 0 Å². The highest BCUT2D eigenvalue weighted by atomic mass is 16.5. The molecule has 0 saturated carbocycles. The molecule has 0 bridgehead atoms. The Labute approximate surface area is 426 Å². The monoisotopic (exact) mass is 958 g/mol. The van der Waals surface area contributed by atoms with Crippen LogP contribution in [0.4, 0.5) is 0 Å². The SMILES string of the molecule is CC/C=C\C/C=C\C/C=C\C/C=C\C/C=C\C/C=C\CCC(=O)OC(CCCCCC/C=C\C/C=C\C/C=C\CCCCC)CC(=O)NC(CO)C(O)CCCCCCCCCCCCCCCC. The van der Waals surface area contributed by atoms with Gasteiger partial charge in [0.05, 0.1) is 25.2 Å². The van der Waals surface area contributed by atoms with E-state index < -0.39 is 18.2 Å². The molecule has 0 aromatic rings. The van der Waals surface area contributed by atoms with Crippen LogP contribution in [-0.2, 0) is 14.3 Å². The van der Waals surface area contributed by atoms with Crippen molar-refractivity contribution < 1.29 is 24.5 Å². The van der Waals surface area contributed by atoms with Crippen molar-refractivity contribution in [2.24, 2.45) is 0 Å². The van der Waals surface area contributed by atoms with Gasteiger partial charge < -0.3 is 20.3 Å². The van der Waals surface area contributed by atoms with Gasteiger partial charge in [0.25, 0.3) is 0 Å². The van der Waals surface area contributed by atoms with E-state index in [0.717, 1.165) is 103 Å². The number of allylic oxidation sites excluding steroid dienone is 18. The molecule has 0 rings (SSSR count). The van der Waals surface area contributed by atoms with Gasteiger partial charge >= 0.3 is 5.97 Å². The van der Waals surface area contributed by atoms with Gasteiger partial charge in [-0.3, -0.25) is 9.59 Å². The maximum Gasteiger partial charge on any atom is 0.306 e. The molecule has 0 radical (unpaired) electrons. The first kappa shape index (κ1) is 65.5. The van der Waals surface area contributed by atoms with Crippen LogP contribution >= 0.6 is 0 Å². The molecule has 0 spiro atoms. The van der Waals surface area contributed by atoms with Gasteiger partial charge in [0.15, 0.2) is 0 Å². The molecule has 3 atom stereocenters. The van der Waals surface area contributed by atoms with E-state index >= 15 is 0 Å². The van der Waals surface area contributed by atoms with Gasteiger partial charge in [-0.1, -0.05) is 246 Å². The molecule has 394 valence electrons. The van der Waals surface area contributed by atoms with Gasteiger partial charge in [0.1, 0.15) is 6.10 Å². The molecule has 0 aliphatic carbocycles. The molecule has 3 N–H and O–H groups in total. The summed E-state index contributed by atoms with van der Waals surface area (Å²) in [6.07, 6.45) is 75.8. The Kier molecular flexibility index (Phi) is 52.7. The molecule has 6 heteroatoms. The molecule has 69 heavy (non-hydrogen) atoms. The van der Waals surface area contributed by atoms with E-state index in [1.165, 1.54) is 96.3 Å². The maximum absolute atomic E-state index is 13.3. The summed E-state index contributed by atoms with van der Waals surface area (Å²) in [4.78, 5) is 26.2. The smallest absolute Gasteiger partial charge is 0.306 e. The minimum absolute atomic E-state index is 0.0264. The first-order valence-corrected chi connectivity index (χ1v) is 28.6. The lowest BCUT2D eigenvalue weighted by atomic mass is 10.0. The number of carbonyl (C=O) groups excluding carboxylic acids is 2. The van der Waals surface area contributed by atoms with E-state index in [9.17, 15) is 19.8 Å². The highest BCUT2D eigenvalue weighted by molar-refractivity contribution is 5.77. The average Bonchev–Trinajstić information content (AvgIpc) is 3.34. The highest BCUT2D eigenvalue weighted by Gasteiger charge is 2.24. The number of amides is 1. The highest BCUT2D eigenvalue weighted by Crippen LogP contribution is 2.17. The summed E-state index contributed by atoms with van der Waals surface area (Å²) in [6.45, 7) is 6.33. The summed E-state index contributed by atoms with van der Waals surface area (Å²) in [5, 5.41) is 23.9. The predicted molar refractivity (Wildman–Crippen MR) is 300 cm³/mol. The minimum atomic E-state index is -0.814. The second-order valence-electron chi connectivity index (χ2n) is 19.0. The normalized spacial score (nSPS) is 14.0. The van der Waals surface area contributed by atoms with Crippen molar-refractivity contribution in [2.45, 2.75) is 270 Å². The lowest BCUT2D eigenvalue weighted by molar-refractivity contribution is -0.150. The second-order valence-corrected chi connectivity index (χ2v) is 19.0. The molecular weight excluding hydrogens is 851 g/mol. The van der Waals surface area contributed by atoms with Gasteiger partial charge in [0.2, 0.25) is 5.91 Å². The summed E-state index contributed by atoms with van der Waals surface area (Å²) >= 11 is 0. The fraction of sp³-hybridized carbons (Fsp3) is 0.683. The van der Waals surface area contributed by atoms with Crippen LogP contribution in [0.25, 0.3) is 0 Å². The number of unbranched alkanes of at least 4 members (excludes halogenated alkanes) is 20. The molecule has 0 aliphatic heterocycles. The molecule has 0 aromatic heterocycles. The van der Waals surface area contributed by atoms with Crippen LogP contribution in [0.5, 0.6) is 0 Å². The Balaban J connectivity index is 4.76. The van der Waals surface area contributed by atoms with E-state index in [1.54, 1.807) is 0 Å². The van der Waals surface area contributed by atoms with E-state index in [4.69, 9.17) is 4.74 Å². The number of rotatable bonds is 50. The van der Waals surface area contributed by atoms with Crippen LogP contribution in [0.1, 0.15) is 252 Å². The lowest BCUT2D eigenvalue weighted by Crippen LogP contribution is -2.46. The van der Waals surface area contributed by atoms with Crippen LogP contribution in [0.2, 0.25) is 0 Å². The molecule has 1 amide bonds. The number of hydrogen-bond donors (Lipinski definition) is 3. The third-order valence-electron chi connectivity index (χ3n) is 12.3. The Morgan fingerprint density at radius 2 is 0.783 bits per heavy atom. The van der Waals surface area contributed by atoms with Crippen molar-refractivity contribution in [1.82, 2.24) is 5.32 Å². The zero-order valence-corrected chi connectivity index (χ0v) is 44.9. The predicted octanol–water partition coefficient (Wildman–Crippen LogP) is 17.8. The fourth-order valence-electron chi connectivity index (χ4n) is 8.05. The second kappa shape index (κ2) is 55.4. The van der Waals surface area contributed by atoms with E-state index in [1.807, 2.05) is 6.08 Å². The number of ether oxygens (including phenoxy) is 1. The third kappa shape index (κ3) is 50.7. The summed E-state index contributed by atoms with van der Waals surface area (Å²) in [5.41, 5.74) is 0. The molecule has 0 saturated heterocycles. The first-order valence-electron chi connectivity index (χ1n) is 28.6. The van der Waals surface area contributed by atoms with Gasteiger partial charge in [-0.15, -0.1) is 0 Å². The van der Waals surface area contributed by atoms with Crippen LogP contribution in [0.15, 0.2) is 109 Å². The summed E-state index contributed by atoms with van der Waals surface area (Å²) < 4.78 is 5.91. The number of nitrogens with one attached hydrogen (secondary N) is 1. The van der Waals surface area contributed by atoms with Gasteiger partial charge in [0, 0.05) is 6.42 Å². The number of aliphatic hydroxyl groups is 2. The summed E-state index contributed by atoms with van der Waals surface area (Å²) in [6, 6.07) is -0.732. The third-order valence-corrected chi connectivity index (χ3v) is 12.3. The standard InChI is InChI=1S/C63H107NO5/c1-4-7-10-13-16-19-22-25-28-30-31-33-35-38-41-44-47-50-53-56-63(68)69-59(54-51-48-45-42-39-36-34-32-29-26-23-20-17-14-11-8-5-2)57-62(67)64-60(58-65)61(66)55-52-49-46-43-40-37-27-24-21-18-15-12-9-6-3/h7,10,16-17,19-20,25-26,28-29,31,33-34,36,38,41,47,50,59-61,65-66H,4-6,8-9,11-15,18,21-24,27,30,32,35,37,39-40,42-46,48-49,51-58H2,1-3H3,(H,64,67)/b10-7-,19-16-,20-17-,28-25-,29-26-,33-31-,36-34-,41-38-,50-47-. The van der Waals surface area contributed by atoms with Crippen molar-refractivity contribution >= 4 is 11.9 Å². The molecular formula is C63H107NO5. The van der Waals surface area contributed by atoms with Crippen molar-refractivity contribution in [3.05, 3.63) is 109 Å². The Bertz CT molecular complexity index is 1400. The number of aliphatic hydroxyl groups excluding tert-OH is 2. The maximum atomic E-state index is 13.3. The van der Waals surface area contributed by atoms with Crippen molar-refractivity contribution in [2.75, 3.05) is 6.61 Å². The number of carbonyl (C=O) groups is 2. The molecule has 0 aromatic carbocycles.